The molecule has 110 valence electrons. The molecule has 5 nitrogen and oxygen atoms in total. The van der Waals surface area contributed by atoms with Crippen molar-refractivity contribution in [1.29, 1.82) is 0 Å². The number of aryl methyl sites for hydroxylation is 1. The maximum Gasteiger partial charge on any atom is 0.412 e. The molecule has 0 aliphatic rings. The minimum atomic E-state index is -0.878. The Labute approximate surface area is 118 Å². The molecule has 0 spiro atoms. The number of benzene rings is 1. The summed E-state index contributed by atoms with van der Waals surface area (Å²) in [6.07, 6.45) is -0.528. The number of carbonyl (C=O) groups is 2. The van der Waals surface area contributed by atoms with Crippen molar-refractivity contribution < 1.29 is 19.4 Å². The number of carbonyl (C=O) groups excluding carboxylic acids is 1. The summed E-state index contributed by atoms with van der Waals surface area (Å²) >= 11 is 0. The summed E-state index contributed by atoms with van der Waals surface area (Å²) in [4.78, 5) is 22.6. The van der Waals surface area contributed by atoms with Crippen molar-refractivity contribution in [2.24, 2.45) is 0 Å². The molecule has 2 N–H and O–H groups in total. The van der Waals surface area contributed by atoms with Gasteiger partial charge in [0.2, 0.25) is 0 Å². The van der Waals surface area contributed by atoms with Gasteiger partial charge in [0.05, 0.1) is 5.92 Å². The summed E-state index contributed by atoms with van der Waals surface area (Å²) in [5.41, 5.74) is 1.54. The summed E-state index contributed by atoms with van der Waals surface area (Å²) in [6, 6.07) is 5.14. The number of carboxylic acids is 1. The third-order valence-corrected chi connectivity index (χ3v) is 2.76. The summed E-state index contributed by atoms with van der Waals surface area (Å²) in [5.74, 6) is -1.46. The molecule has 1 atom stereocenters. The van der Waals surface area contributed by atoms with Gasteiger partial charge in [0.25, 0.3) is 0 Å². The second-order valence-corrected chi connectivity index (χ2v) is 5.76. The number of hydrogen-bond acceptors (Lipinski definition) is 3. The Hall–Kier alpha value is -2.04. The zero-order valence-corrected chi connectivity index (χ0v) is 12.5. The Morgan fingerprint density at radius 3 is 2.35 bits per heavy atom. The monoisotopic (exact) mass is 279 g/mol. The first-order chi connectivity index (χ1) is 9.10. The van der Waals surface area contributed by atoms with Crippen molar-refractivity contribution in [3.05, 3.63) is 29.3 Å². The van der Waals surface area contributed by atoms with Gasteiger partial charge in [0, 0.05) is 5.69 Å². The molecule has 1 rings (SSSR count). The van der Waals surface area contributed by atoms with Gasteiger partial charge in [0.1, 0.15) is 5.60 Å². The first-order valence-corrected chi connectivity index (χ1v) is 6.43. The van der Waals surface area contributed by atoms with Crippen LogP contribution in [0.2, 0.25) is 0 Å². The van der Waals surface area contributed by atoms with Gasteiger partial charge in [-0.2, -0.15) is 0 Å². The minimum absolute atomic E-state index is 0.528. The van der Waals surface area contributed by atoms with Crippen LogP contribution < -0.4 is 5.32 Å². The van der Waals surface area contributed by atoms with E-state index in [1.165, 1.54) is 0 Å². The highest BCUT2D eigenvalue weighted by Crippen LogP contribution is 2.23. The van der Waals surface area contributed by atoms with Gasteiger partial charge in [-0.05, 0) is 51.8 Å². The molecule has 0 saturated heterocycles. The summed E-state index contributed by atoms with van der Waals surface area (Å²) < 4.78 is 5.17. The standard InChI is InChI=1S/C15H21NO4/c1-9-8-11(10(2)13(17)18)6-7-12(9)16-14(19)20-15(3,4)5/h6-8,10H,1-5H3,(H,16,19)(H,17,18). The van der Waals surface area contributed by atoms with Crippen LogP contribution in [0, 0.1) is 6.92 Å². The van der Waals surface area contributed by atoms with E-state index < -0.39 is 23.6 Å². The molecule has 0 heterocycles. The van der Waals surface area contributed by atoms with Gasteiger partial charge < -0.3 is 9.84 Å². The highest BCUT2D eigenvalue weighted by atomic mass is 16.6. The lowest BCUT2D eigenvalue weighted by atomic mass is 9.99. The van der Waals surface area contributed by atoms with E-state index in [0.29, 0.717) is 11.3 Å². The first-order valence-electron chi connectivity index (χ1n) is 6.43. The van der Waals surface area contributed by atoms with E-state index in [1.807, 2.05) is 6.92 Å². The predicted octanol–water partition coefficient (Wildman–Crippen LogP) is 3.53. The largest absolute Gasteiger partial charge is 0.481 e. The highest BCUT2D eigenvalue weighted by Gasteiger charge is 2.18. The topological polar surface area (TPSA) is 75.6 Å². The van der Waals surface area contributed by atoms with Crippen LogP contribution in [0.4, 0.5) is 10.5 Å². The molecule has 0 bridgehead atoms. The molecule has 0 aliphatic heterocycles. The molecule has 20 heavy (non-hydrogen) atoms. The Morgan fingerprint density at radius 1 is 1.30 bits per heavy atom. The fourth-order valence-corrected chi connectivity index (χ4v) is 1.65. The molecule has 0 saturated carbocycles. The Morgan fingerprint density at radius 2 is 1.90 bits per heavy atom. The number of amides is 1. The maximum atomic E-state index is 11.7. The van der Waals surface area contributed by atoms with Crippen LogP contribution in [-0.2, 0) is 9.53 Å². The quantitative estimate of drug-likeness (QED) is 0.887. The van der Waals surface area contributed by atoms with E-state index in [-0.39, 0.29) is 0 Å². The third kappa shape index (κ3) is 4.57. The van der Waals surface area contributed by atoms with E-state index in [0.717, 1.165) is 5.56 Å². The molecular weight excluding hydrogens is 258 g/mol. The van der Waals surface area contributed by atoms with Gasteiger partial charge in [-0.15, -0.1) is 0 Å². The van der Waals surface area contributed by atoms with Crippen molar-refractivity contribution in [2.75, 3.05) is 5.32 Å². The number of nitrogens with one attached hydrogen (secondary N) is 1. The Kier molecular flexibility index (Phi) is 4.76. The molecule has 1 amide bonds. The molecule has 1 aromatic rings. The molecule has 0 aliphatic carbocycles. The average molecular weight is 279 g/mol. The van der Waals surface area contributed by atoms with Crippen LogP contribution in [0.15, 0.2) is 18.2 Å². The zero-order valence-electron chi connectivity index (χ0n) is 12.5. The van der Waals surface area contributed by atoms with Crippen molar-refractivity contribution in [3.63, 3.8) is 0 Å². The Balaban J connectivity index is 2.84. The lowest BCUT2D eigenvalue weighted by molar-refractivity contribution is -0.138. The zero-order chi connectivity index (χ0) is 15.5. The summed E-state index contributed by atoms with van der Waals surface area (Å²) in [6.45, 7) is 8.80. The average Bonchev–Trinajstić information content (AvgIpc) is 2.28. The normalized spacial score (nSPS) is 12.7. The number of ether oxygens (including phenoxy) is 1. The minimum Gasteiger partial charge on any atom is -0.481 e. The number of carboxylic acid groups (broad SMARTS) is 1. The van der Waals surface area contributed by atoms with Gasteiger partial charge in [-0.25, -0.2) is 4.79 Å². The molecule has 1 unspecified atom stereocenters. The fourth-order valence-electron chi connectivity index (χ4n) is 1.65. The van der Waals surface area contributed by atoms with Crippen molar-refractivity contribution in [2.45, 2.75) is 46.1 Å². The Bertz CT molecular complexity index is 517. The molecule has 1 aromatic carbocycles. The highest BCUT2D eigenvalue weighted by molar-refractivity contribution is 5.86. The molecule has 0 aromatic heterocycles. The number of rotatable bonds is 3. The van der Waals surface area contributed by atoms with Gasteiger partial charge >= 0.3 is 12.1 Å². The van der Waals surface area contributed by atoms with E-state index in [4.69, 9.17) is 9.84 Å². The number of aliphatic carboxylic acids is 1. The van der Waals surface area contributed by atoms with Crippen molar-refractivity contribution in [1.82, 2.24) is 0 Å². The third-order valence-electron chi connectivity index (χ3n) is 2.76. The second kappa shape index (κ2) is 5.94. The lowest BCUT2D eigenvalue weighted by Crippen LogP contribution is -2.27. The van der Waals surface area contributed by atoms with Crippen LogP contribution in [-0.4, -0.2) is 22.8 Å². The van der Waals surface area contributed by atoms with E-state index in [1.54, 1.807) is 45.9 Å². The van der Waals surface area contributed by atoms with Crippen LogP contribution in [0.5, 0.6) is 0 Å². The maximum absolute atomic E-state index is 11.7. The smallest absolute Gasteiger partial charge is 0.412 e. The van der Waals surface area contributed by atoms with Crippen molar-refractivity contribution >= 4 is 17.7 Å². The van der Waals surface area contributed by atoms with Gasteiger partial charge in [-0.1, -0.05) is 12.1 Å². The number of hydrogen-bond donors (Lipinski definition) is 2. The molecule has 5 heteroatoms. The number of anilines is 1. The van der Waals surface area contributed by atoms with E-state index in [2.05, 4.69) is 5.32 Å². The molecular formula is C15H21NO4. The van der Waals surface area contributed by atoms with Gasteiger partial charge in [-0.3, -0.25) is 10.1 Å². The van der Waals surface area contributed by atoms with E-state index >= 15 is 0 Å². The summed E-state index contributed by atoms with van der Waals surface area (Å²) in [7, 11) is 0. The fraction of sp³-hybridized carbons (Fsp3) is 0.467. The summed E-state index contributed by atoms with van der Waals surface area (Å²) in [5, 5.41) is 11.6. The van der Waals surface area contributed by atoms with Crippen LogP contribution in [0.1, 0.15) is 44.7 Å². The second-order valence-electron chi connectivity index (χ2n) is 5.76. The first kappa shape index (κ1) is 16.0. The molecule has 0 radical (unpaired) electrons. The van der Waals surface area contributed by atoms with Crippen molar-refractivity contribution in [3.8, 4) is 0 Å². The van der Waals surface area contributed by atoms with Crippen LogP contribution in [0.25, 0.3) is 0 Å². The predicted molar refractivity (Wildman–Crippen MR) is 77.1 cm³/mol. The lowest BCUT2D eigenvalue weighted by Gasteiger charge is -2.20. The van der Waals surface area contributed by atoms with Gasteiger partial charge in [0.15, 0.2) is 0 Å². The molecule has 0 fully saturated rings. The SMILES string of the molecule is Cc1cc(C(C)C(=O)O)ccc1NC(=O)OC(C)(C)C. The van der Waals surface area contributed by atoms with Crippen LogP contribution >= 0.6 is 0 Å². The van der Waals surface area contributed by atoms with E-state index in [9.17, 15) is 9.59 Å². The van der Waals surface area contributed by atoms with Crippen LogP contribution in [0.3, 0.4) is 0 Å².